The van der Waals surface area contributed by atoms with Crippen molar-refractivity contribution in [1.82, 2.24) is 19.7 Å². The van der Waals surface area contributed by atoms with Crippen molar-refractivity contribution in [1.29, 1.82) is 0 Å². The predicted molar refractivity (Wildman–Crippen MR) is 51.0 cm³/mol. The van der Waals surface area contributed by atoms with Crippen LogP contribution in [-0.4, -0.2) is 24.9 Å². The molecule has 6 heteroatoms. The van der Waals surface area contributed by atoms with Gasteiger partial charge in [0.25, 0.3) is 0 Å². The molecule has 80 valence electrons. The SMILES string of the molecule is Cc1nc(Cn2cnnc2CO)oc1C. The Labute approximate surface area is 86.6 Å². The molecule has 0 unspecified atom stereocenters. The lowest BCUT2D eigenvalue weighted by atomic mass is 10.4. The molecule has 2 aromatic heterocycles. The smallest absolute Gasteiger partial charge is 0.214 e. The Kier molecular flexibility index (Phi) is 2.51. The predicted octanol–water partition coefficient (Wildman–Crippen LogP) is 0.424. The maximum Gasteiger partial charge on any atom is 0.214 e. The number of rotatable bonds is 3. The van der Waals surface area contributed by atoms with E-state index >= 15 is 0 Å². The molecule has 0 saturated heterocycles. The Balaban J connectivity index is 2.21. The Morgan fingerprint density at radius 1 is 1.47 bits per heavy atom. The van der Waals surface area contributed by atoms with Gasteiger partial charge in [-0.2, -0.15) is 0 Å². The van der Waals surface area contributed by atoms with E-state index in [9.17, 15) is 0 Å². The number of nitrogens with zero attached hydrogens (tertiary/aromatic N) is 4. The van der Waals surface area contributed by atoms with Crippen molar-refractivity contribution in [3.05, 3.63) is 29.5 Å². The Bertz CT molecular complexity index is 441. The van der Waals surface area contributed by atoms with Gasteiger partial charge in [0.2, 0.25) is 5.89 Å². The largest absolute Gasteiger partial charge is 0.444 e. The third-order valence-corrected chi connectivity index (χ3v) is 2.22. The molecule has 0 fully saturated rings. The molecule has 15 heavy (non-hydrogen) atoms. The molecule has 0 aliphatic rings. The van der Waals surface area contributed by atoms with E-state index in [1.54, 1.807) is 10.9 Å². The minimum Gasteiger partial charge on any atom is -0.444 e. The first kappa shape index (κ1) is 9.85. The van der Waals surface area contributed by atoms with Gasteiger partial charge < -0.3 is 14.1 Å². The number of hydrogen-bond acceptors (Lipinski definition) is 5. The van der Waals surface area contributed by atoms with E-state index in [0.717, 1.165) is 11.5 Å². The fraction of sp³-hybridized carbons (Fsp3) is 0.444. The highest BCUT2D eigenvalue weighted by molar-refractivity contribution is 5.05. The van der Waals surface area contributed by atoms with E-state index in [1.807, 2.05) is 13.8 Å². The summed E-state index contributed by atoms with van der Waals surface area (Å²) >= 11 is 0. The second-order valence-corrected chi connectivity index (χ2v) is 3.28. The number of aliphatic hydroxyl groups is 1. The molecule has 0 aliphatic carbocycles. The molecule has 0 aliphatic heterocycles. The van der Waals surface area contributed by atoms with Crippen molar-refractivity contribution < 1.29 is 9.52 Å². The van der Waals surface area contributed by atoms with Crippen LogP contribution in [0.4, 0.5) is 0 Å². The minimum atomic E-state index is -0.140. The summed E-state index contributed by atoms with van der Waals surface area (Å²) in [6, 6.07) is 0. The van der Waals surface area contributed by atoms with E-state index < -0.39 is 0 Å². The van der Waals surface area contributed by atoms with Crippen LogP contribution in [0, 0.1) is 13.8 Å². The fourth-order valence-corrected chi connectivity index (χ4v) is 1.29. The van der Waals surface area contributed by atoms with Crippen LogP contribution >= 0.6 is 0 Å². The Hall–Kier alpha value is -1.69. The normalized spacial score (nSPS) is 10.9. The molecule has 0 amide bonds. The van der Waals surface area contributed by atoms with Crippen molar-refractivity contribution in [2.24, 2.45) is 0 Å². The molecule has 0 bridgehead atoms. The zero-order valence-corrected chi connectivity index (χ0v) is 8.64. The van der Waals surface area contributed by atoms with Gasteiger partial charge in [-0.3, -0.25) is 0 Å². The van der Waals surface area contributed by atoms with Gasteiger partial charge in [-0.15, -0.1) is 10.2 Å². The topological polar surface area (TPSA) is 77.0 Å². The summed E-state index contributed by atoms with van der Waals surface area (Å²) in [5, 5.41) is 16.4. The first-order chi connectivity index (χ1) is 7.20. The lowest BCUT2D eigenvalue weighted by molar-refractivity contribution is 0.264. The first-order valence-electron chi connectivity index (χ1n) is 4.61. The van der Waals surface area contributed by atoms with Gasteiger partial charge in [-0.1, -0.05) is 0 Å². The molecule has 2 aromatic rings. The highest BCUT2D eigenvalue weighted by Crippen LogP contribution is 2.10. The monoisotopic (exact) mass is 208 g/mol. The summed E-state index contributed by atoms with van der Waals surface area (Å²) in [7, 11) is 0. The number of aliphatic hydroxyl groups excluding tert-OH is 1. The van der Waals surface area contributed by atoms with Crippen LogP contribution in [0.1, 0.15) is 23.2 Å². The second-order valence-electron chi connectivity index (χ2n) is 3.28. The van der Waals surface area contributed by atoms with E-state index in [1.165, 1.54) is 0 Å². The molecule has 0 radical (unpaired) electrons. The van der Waals surface area contributed by atoms with Crippen LogP contribution in [0.2, 0.25) is 0 Å². The summed E-state index contributed by atoms with van der Waals surface area (Å²) in [5.41, 5.74) is 0.878. The molecule has 2 rings (SSSR count). The van der Waals surface area contributed by atoms with E-state index in [0.29, 0.717) is 18.3 Å². The molecule has 0 saturated carbocycles. The van der Waals surface area contributed by atoms with Crippen LogP contribution in [0.25, 0.3) is 0 Å². The first-order valence-corrected chi connectivity index (χ1v) is 4.61. The van der Waals surface area contributed by atoms with E-state index in [4.69, 9.17) is 9.52 Å². The highest BCUT2D eigenvalue weighted by Gasteiger charge is 2.09. The quantitative estimate of drug-likeness (QED) is 0.791. The average Bonchev–Trinajstić information content (AvgIpc) is 2.75. The Morgan fingerprint density at radius 2 is 2.27 bits per heavy atom. The number of hydrogen-bond donors (Lipinski definition) is 1. The summed E-state index contributed by atoms with van der Waals surface area (Å²) in [4.78, 5) is 4.24. The summed E-state index contributed by atoms with van der Waals surface area (Å²) in [6.45, 7) is 4.06. The van der Waals surface area contributed by atoms with Crippen LogP contribution < -0.4 is 0 Å². The zero-order valence-electron chi connectivity index (χ0n) is 8.64. The van der Waals surface area contributed by atoms with Crippen molar-refractivity contribution in [3.8, 4) is 0 Å². The third-order valence-electron chi connectivity index (χ3n) is 2.22. The van der Waals surface area contributed by atoms with Crippen molar-refractivity contribution in [2.45, 2.75) is 27.0 Å². The molecule has 6 nitrogen and oxygen atoms in total. The number of aryl methyl sites for hydroxylation is 2. The van der Waals surface area contributed by atoms with Crippen molar-refractivity contribution >= 4 is 0 Å². The molecule has 0 atom stereocenters. The summed E-state index contributed by atoms with van der Waals surface area (Å²) in [6.07, 6.45) is 1.54. The molecule has 1 N–H and O–H groups in total. The van der Waals surface area contributed by atoms with Gasteiger partial charge in [0.1, 0.15) is 25.2 Å². The number of oxazole rings is 1. The lowest BCUT2D eigenvalue weighted by Gasteiger charge is -1.99. The Morgan fingerprint density at radius 3 is 2.87 bits per heavy atom. The standard InChI is InChI=1S/C9H12N4O2/c1-6-7(2)15-9(11-6)3-13-5-10-12-8(13)4-14/h5,14H,3-4H2,1-2H3. The highest BCUT2D eigenvalue weighted by atomic mass is 16.4. The van der Waals surface area contributed by atoms with Crippen molar-refractivity contribution in [3.63, 3.8) is 0 Å². The van der Waals surface area contributed by atoms with Gasteiger partial charge in [-0.25, -0.2) is 4.98 Å². The number of aromatic nitrogens is 4. The zero-order chi connectivity index (χ0) is 10.8. The third kappa shape index (κ3) is 1.89. The van der Waals surface area contributed by atoms with Gasteiger partial charge in [0, 0.05) is 0 Å². The molecular formula is C9H12N4O2. The second kappa shape index (κ2) is 3.82. The van der Waals surface area contributed by atoms with Crippen LogP contribution in [0.3, 0.4) is 0 Å². The maximum absolute atomic E-state index is 8.97. The molecule has 0 aromatic carbocycles. The van der Waals surface area contributed by atoms with Crippen LogP contribution in [0.5, 0.6) is 0 Å². The van der Waals surface area contributed by atoms with Gasteiger partial charge >= 0.3 is 0 Å². The van der Waals surface area contributed by atoms with E-state index in [2.05, 4.69) is 15.2 Å². The lowest BCUT2D eigenvalue weighted by Crippen LogP contribution is -2.04. The summed E-state index contributed by atoms with van der Waals surface area (Å²) in [5.74, 6) is 1.91. The average molecular weight is 208 g/mol. The van der Waals surface area contributed by atoms with Gasteiger partial charge in [0.15, 0.2) is 5.82 Å². The van der Waals surface area contributed by atoms with Crippen LogP contribution in [0.15, 0.2) is 10.7 Å². The fourth-order valence-electron chi connectivity index (χ4n) is 1.29. The molecular weight excluding hydrogens is 196 g/mol. The van der Waals surface area contributed by atoms with Gasteiger partial charge in [-0.05, 0) is 13.8 Å². The van der Waals surface area contributed by atoms with Gasteiger partial charge in [0.05, 0.1) is 5.69 Å². The van der Waals surface area contributed by atoms with E-state index in [-0.39, 0.29) is 6.61 Å². The van der Waals surface area contributed by atoms with Crippen LogP contribution in [-0.2, 0) is 13.2 Å². The molecule has 0 spiro atoms. The molecule has 2 heterocycles. The summed E-state index contributed by atoms with van der Waals surface area (Å²) < 4.78 is 7.12. The maximum atomic E-state index is 8.97. The minimum absolute atomic E-state index is 0.140. The van der Waals surface area contributed by atoms with Crippen molar-refractivity contribution in [2.75, 3.05) is 0 Å².